The van der Waals surface area contributed by atoms with Crippen molar-refractivity contribution in [3.8, 4) is 17.2 Å². The molecule has 2 atom stereocenters. The summed E-state index contributed by atoms with van der Waals surface area (Å²) in [5, 5.41) is 8.14. The fraction of sp³-hybridized carbons (Fsp3) is 0.185. The molecular weight excluding hydrogens is 428 g/mol. The largest absolute Gasteiger partial charge is 0.493 e. The van der Waals surface area contributed by atoms with Crippen molar-refractivity contribution < 1.29 is 14.2 Å². The van der Waals surface area contributed by atoms with Gasteiger partial charge in [-0.1, -0.05) is 42.5 Å². The molecule has 7 heteroatoms. The van der Waals surface area contributed by atoms with Gasteiger partial charge in [-0.05, 0) is 42.3 Å². The number of hydrogen-bond acceptors (Lipinski definition) is 6. The number of hydrogen-bond donors (Lipinski definition) is 1. The molecule has 0 fully saturated rings. The van der Waals surface area contributed by atoms with Crippen LogP contribution in [0.3, 0.4) is 0 Å². The van der Waals surface area contributed by atoms with Gasteiger partial charge in [-0.2, -0.15) is 10.1 Å². The summed E-state index contributed by atoms with van der Waals surface area (Å²) in [5.74, 6) is 2.84. The average Bonchev–Trinajstić information content (AvgIpc) is 3.35. The van der Waals surface area contributed by atoms with E-state index in [1.165, 1.54) is 5.56 Å². The number of methoxy groups -OCH3 is 2. The highest BCUT2D eigenvalue weighted by molar-refractivity contribution is 5.85. The van der Waals surface area contributed by atoms with Crippen LogP contribution < -0.4 is 19.5 Å². The molecular formula is C27H24N4O3. The highest BCUT2D eigenvalue weighted by Crippen LogP contribution is 2.51. The molecule has 0 spiro atoms. The molecule has 0 aliphatic carbocycles. The van der Waals surface area contributed by atoms with Crippen LogP contribution in [0, 0.1) is 6.92 Å². The third-order valence-corrected chi connectivity index (χ3v) is 6.51. The van der Waals surface area contributed by atoms with Crippen molar-refractivity contribution in [3.05, 3.63) is 101 Å². The Balaban J connectivity index is 1.62. The smallest absolute Gasteiger partial charge is 0.226 e. The van der Waals surface area contributed by atoms with Crippen LogP contribution in [0.25, 0.3) is 5.70 Å². The zero-order valence-corrected chi connectivity index (χ0v) is 19.1. The summed E-state index contributed by atoms with van der Waals surface area (Å²) in [5.41, 5.74) is 6.35. The number of para-hydroxylation sites is 1. The van der Waals surface area contributed by atoms with Gasteiger partial charge in [-0.3, -0.25) is 0 Å². The van der Waals surface area contributed by atoms with Crippen molar-refractivity contribution >= 4 is 11.6 Å². The van der Waals surface area contributed by atoms with E-state index in [4.69, 9.17) is 14.2 Å². The summed E-state index contributed by atoms with van der Waals surface area (Å²) in [6.07, 6.45) is 1.21. The third kappa shape index (κ3) is 3.04. The third-order valence-electron chi connectivity index (χ3n) is 6.51. The van der Waals surface area contributed by atoms with Crippen molar-refractivity contribution in [2.45, 2.75) is 19.1 Å². The van der Waals surface area contributed by atoms with Crippen LogP contribution >= 0.6 is 0 Å². The van der Waals surface area contributed by atoms with Gasteiger partial charge in [0.25, 0.3) is 0 Å². The molecule has 170 valence electrons. The lowest BCUT2D eigenvalue weighted by atomic mass is 9.83. The van der Waals surface area contributed by atoms with Crippen LogP contribution in [0.5, 0.6) is 17.2 Å². The van der Waals surface area contributed by atoms with E-state index >= 15 is 0 Å². The Hall–Kier alpha value is -4.26. The van der Waals surface area contributed by atoms with Gasteiger partial charge in [0.2, 0.25) is 5.95 Å². The summed E-state index contributed by atoms with van der Waals surface area (Å²) >= 11 is 0. The van der Waals surface area contributed by atoms with E-state index in [-0.39, 0.29) is 12.1 Å². The maximum atomic E-state index is 6.69. The first-order chi connectivity index (χ1) is 16.7. The number of rotatable bonds is 4. The van der Waals surface area contributed by atoms with Crippen LogP contribution in [0.4, 0.5) is 5.95 Å². The zero-order valence-electron chi connectivity index (χ0n) is 19.1. The van der Waals surface area contributed by atoms with Crippen LogP contribution in [0.2, 0.25) is 0 Å². The fourth-order valence-electron chi connectivity index (χ4n) is 4.90. The van der Waals surface area contributed by atoms with Gasteiger partial charge in [0, 0.05) is 16.7 Å². The maximum absolute atomic E-state index is 6.69. The highest BCUT2D eigenvalue weighted by atomic mass is 16.5. The van der Waals surface area contributed by atoms with Crippen LogP contribution in [-0.2, 0) is 0 Å². The second kappa shape index (κ2) is 7.95. The first-order valence-electron chi connectivity index (χ1n) is 11.1. The Morgan fingerprint density at radius 1 is 0.941 bits per heavy atom. The number of ether oxygens (including phenoxy) is 3. The minimum Gasteiger partial charge on any atom is -0.493 e. The molecule has 0 amide bonds. The molecule has 0 unspecified atom stereocenters. The van der Waals surface area contributed by atoms with Crippen molar-refractivity contribution in [3.63, 3.8) is 0 Å². The first-order valence-corrected chi connectivity index (χ1v) is 11.1. The molecule has 3 aromatic carbocycles. The molecule has 4 aromatic rings. The van der Waals surface area contributed by atoms with Gasteiger partial charge in [0.05, 0.1) is 19.9 Å². The van der Waals surface area contributed by atoms with Gasteiger partial charge in [-0.15, -0.1) is 0 Å². The predicted octanol–water partition coefficient (Wildman–Crippen LogP) is 5.16. The predicted molar refractivity (Wildman–Crippen MR) is 129 cm³/mol. The Bertz CT molecular complexity index is 1420. The summed E-state index contributed by atoms with van der Waals surface area (Å²) in [7, 11) is 3.28. The lowest BCUT2D eigenvalue weighted by molar-refractivity contribution is 0.222. The van der Waals surface area contributed by atoms with Gasteiger partial charge in [0.1, 0.15) is 24.2 Å². The molecule has 2 aliphatic rings. The maximum Gasteiger partial charge on any atom is 0.226 e. The molecule has 0 saturated carbocycles. The highest BCUT2D eigenvalue weighted by Gasteiger charge is 2.41. The number of aryl methyl sites for hydroxylation is 1. The molecule has 1 aromatic heterocycles. The molecule has 0 bridgehead atoms. The summed E-state index contributed by atoms with van der Waals surface area (Å²) in [6.45, 7) is 2.12. The molecule has 1 N–H and O–H groups in total. The minimum absolute atomic E-state index is 0.193. The van der Waals surface area contributed by atoms with Gasteiger partial charge < -0.3 is 19.5 Å². The first kappa shape index (κ1) is 20.4. The van der Waals surface area contributed by atoms with Crippen molar-refractivity contribution in [1.29, 1.82) is 0 Å². The Morgan fingerprint density at radius 3 is 2.56 bits per heavy atom. The summed E-state index contributed by atoms with van der Waals surface area (Å²) in [6, 6.07) is 22.2. The number of benzene rings is 3. The van der Waals surface area contributed by atoms with E-state index in [2.05, 4.69) is 52.7 Å². The van der Waals surface area contributed by atoms with Crippen molar-refractivity contribution in [2.24, 2.45) is 0 Å². The van der Waals surface area contributed by atoms with E-state index in [1.807, 2.05) is 41.1 Å². The number of fused-ring (bicyclic) bond motifs is 3. The van der Waals surface area contributed by atoms with Crippen molar-refractivity contribution in [2.75, 3.05) is 19.5 Å². The quantitative estimate of drug-likeness (QED) is 0.461. The van der Waals surface area contributed by atoms with Gasteiger partial charge >= 0.3 is 0 Å². The molecule has 3 heterocycles. The second-order valence-electron chi connectivity index (χ2n) is 8.35. The molecule has 7 nitrogen and oxygen atoms in total. The topological polar surface area (TPSA) is 70.4 Å². The summed E-state index contributed by atoms with van der Waals surface area (Å²) in [4.78, 5) is 4.50. The Kier molecular flexibility index (Phi) is 4.76. The van der Waals surface area contributed by atoms with E-state index in [1.54, 1.807) is 20.5 Å². The monoisotopic (exact) mass is 452 g/mol. The van der Waals surface area contributed by atoms with Gasteiger partial charge in [0.15, 0.2) is 11.5 Å². The Labute approximate surface area is 197 Å². The lowest BCUT2D eigenvalue weighted by Crippen LogP contribution is -2.32. The molecule has 0 saturated heterocycles. The number of nitrogens with one attached hydrogen (secondary N) is 1. The fourth-order valence-corrected chi connectivity index (χ4v) is 4.90. The Morgan fingerprint density at radius 2 is 1.74 bits per heavy atom. The number of nitrogens with zero attached hydrogens (tertiary/aromatic N) is 3. The number of aromatic nitrogens is 3. The van der Waals surface area contributed by atoms with Crippen LogP contribution in [-0.4, -0.2) is 29.0 Å². The molecule has 6 rings (SSSR count). The van der Waals surface area contributed by atoms with E-state index in [0.717, 1.165) is 33.7 Å². The van der Waals surface area contributed by atoms with E-state index < -0.39 is 0 Å². The SMILES string of the molecule is COc1ccc([C@@H]2Oc3ccccc3C3=C2[C@H](c2ccccc2C)n2ncnc2N3)cc1OC. The molecule has 2 aliphatic heterocycles. The number of anilines is 1. The summed E-state index contributed by atoms with van der Waals surface area (Å²) < 4.78 is 19.7. The van der Waals surface area contributed by atoms with E-state index in [0.29, 0.717) is 17.4 Å². The zero-order chi connectivity index (χ0) is 23.2. The van der Waals surface area contributed by atoms with Crippen LogP contribution in [0.15, 0.2) is 78.6 Å². The van der Waals surface area contributed by atoms with Crippen molar-refractivity contribution in [1.82, 2.24) is 14.8 Å². The standard InChI is InChI=1S/C27H24N4O3/c1-16-8-4-5-9-18(16)25-23-24(30-27-28-15-29-31(25)27)19-10-6-7-11-20(19)34-26(23)17-12-13-21(32-2)22(14-17)33-3/h4-15,25-26H,1-3H3,(H,28,29,30)/t25-,26-/m0/s1. The average molecular weight is 453 g/mol. The van der Waals surface area contributed by atoms with Crippen LogP contribution in [0.1, 0.15) is 34.4 Å². The van der Waals surface area contributed by atoms with E-state index in [9.17, 15) is 0 Å². The lowest BCUT2D eigenvalue weighted by Gasteiger charge is -2.39. The molecule has 0 radical (unpaired) electrons. The minimum atomic E-state index is -0.376. The second-order valence-corrected chi connectivity index (χ2v) is 8.35. The molecule has 34 heavy (non-hydrogen) atoms. The normalized spacial score (nSPS) is 18.2. The van der Waals surface area contributed by atoms with Gasteiger partial charge in [-0.25, -0.2) is 4.68 Å².